The van der Waals surface area contributed by atoms with Crippen LogP contribution in [0.1, 0.15) is 20.3 Å². The molecule has 1 heterocycles. The number of amides is 2. The Kier molecular flexibility index (Phi) is 6.80. The molecular formula is C13H25N3O3. The van der Waals surface area contributed by atoms with Crippen LogP contribution in [0.2, 0.25) is 0 Å². The summed E-state index contributed by atoms with van der Waals surface area (Å²) < 4.78 is 4.83. The summed E-state index contributed by atoms with van der Waals surface area (Å²) in [7, 11) is 1.51. The normalized spacial score (nSPS) is 17.4. The SMILES string of the molecule is CCNC(C)CC(=O)N1CCN(C(=O)COC)CC1. The van der Waals surface area contributed by atoms with E-state index in [1.165, 1.54) is 7.11 Å². The Bertz CT molecular complexity index is 302. The van der Waals surface area contributed by atoms with Gasteiger partial charge in [-0.2, -0.15) is 0 Å². The molecule has 1 fully saturated rings. The molecule has 110 valence electrons. The van der Waals surface area contributed by atoms with Crippen molar-refractivity contribution in [2.75, 3.05) is 46.4 Å². The summed E-state index contributed by atoms with van der Waals surface area (Å²) in [6.07, 6.45) is 0.514. The fourth-order valence-corrected chi connectivity index (χ4v) is 2.23. The van der Waals surface area contributed by atoms with E-state index in [0.29, 0.717) is 32.6 Å². The minimum Gasteiger partial charge on any atom is -0.375 e. The summed E-state index contributed by atoms with van der Waals surface area (Å²) >= 11 is 0. The first kappa shape index (κ1) is 15.9. The summed E-state index contributed by atoms with van der Waals surface area (Å²) in [5.74, 6) is 0.155. The number of piperazine rings is 1. The van der Waals surface area contributed by atoms with Gasteiger partial charge in [0.2, 0.25) is 11.8 Å². The van der Waals surface area contributed by atoms with Gasteiger partial charge in [-0.05, 0) is 13.5 Å². The first-order valence-corrected chi connectivity index (χ1v) is 6.86. The second-order valence-electron chi connectivity index (χ2n) is 4.86. The molecule has 0 radical (unpaired) electrons. The Morgan fingerprint density at radius 1 is 1.16 bits per heavy atom. The molecule has 1 unspecified atom stereocenters. The van der Waals surface area contributed by atoms with Gasteiger partial charge in [0, 0.05) is 45.8 Å². The van der Waals surface area contributed by atoms with Crippen LogP contribution in [0.25, 0.3) is 0 Å². The molecule has 1 saturated heterocycles. The van der Waals surface area contributed by atoms with Gasteiger partial charge in [-0.3, -0.25) is 9.59 Å². The molecule has 1 aliphatic heterocycles. The summed E-state index contributed by atoms with van der Waals surface area (Å²) in [5.41, 5.74) is 0. The van der Waals surface area contributed by atoms with E-state index in [0.717, 1.165) is 6.54 Å². The number of hydrogen-bond acceptors (Lipinski definition) is 4. The van der Waals surface area contributed by atoms with Gasteiger partial charge in [0.25, 0.3) is 0 Å². The monoisotopic (exact) mass is 271 g/mol. The molecule has 0 aromatic carbocycles. The predicted octanol–water partition coefficient (Wildman–Crippen LogP) is -0.308. The van der Waals surface area contributed by atoms with Gasteiger partial charge in [-0.15, -0.1) is 0 Å². The van der Waals surface area contributed by atoms with Crippen molar-refractivity contribution >= 4 is 11.8 Å². The lowest BCUT2D eigenvalue weighted by molar-refractivity contribution is -0.142. The largest absolute Gasteiger partial charge is 0.375 e. The Morgan fingerprint density at radius 2 is 1.68 bits per heavy atom. The lowest BCUT2D eigenvalue weighted by Crippen LogP contribution is -2.52. The maximum atomic E-state index is 12.0. The lowest BCUT2D eigenvalue weighted by Gasteiger charge is -2.35. The van der Waals surface area contributed by atoms with Crippen molar-refractivity contribution in [3.05, 3.63) is 0 Å². The Labute approximate surface area is 115 Å². The van der Waals surface area contributed by atoms with E-state index in [1.54, 1.807) is 4.90 Å². The molecule has 0 bridgehead atoms. The smallest absolute Gasteiger partial charge is 0.248 e. The molecule has 19 heavy (non-hydrogen) atoms. The van der Waals surface area contributed by atoms with Crippen LogP contribution in [0.4, 0.5) is 0 Å². The average molecular weight is 271 g/mol. The maximum Gasteiger partial charge on any atom is 0.248 e. The van der Waals surface area contributed by atoms with Crippen molar-refractivity contribution in [2.24, 2.45) is 0 Å². The number of hydrogen-bond donors (Lipinski definition) is 1. The topological polar surface area (TPSA) is 61.9 Å². The molecule has 0 aromatic heterocycles. The fourth-order valence-electron chi connectivity index (χ4n) is 2.23. The Balaban J connectivity index is 2.32. The zero-order valence-corrected chi connectivity index (χ0v) is 12.1. The van der Waals surface area contributed by atoms with E-state index in [9.17, 15) is 9.59 Å². The highest BCUT2D eigenvalue weighted by Crippen LogP contribution is 2.06. The van der Waals surface area contributed by atoms with E-state index < -0.39 is 0 Å². The lowest BCUT2D eigenvalue weighted by atomic mass is 10.2. The molecule has 6 heteroatoms. The fraction of sp³-hybridized carbons (Fsp3) is 0.846. The van der Waals surface area contributed by atoms with Crippen molar-refractivity contribution in [3.63, 3.8) is 0 Å². The molecule has 1 atom stereocenters. The van der Waals surface area contributed by atoms with Gasteiger partial charge in [-0.1, -0.05) is 6.92 Å². The highest BCUT2D eigenvalue weighted by molar-refractivity contribution is 5.79. The molecule has 6 nitrogen and oxygen atoms in total. The van der Waals surface area contributed by atoms with Crippen LogP contribution >= 0.6 is 0 Å². The Hall–Kier alpha value is -1.14. The molecule has 0 spiro atoms. The van der Waals surface area contributed by atoms with Gasteiger partial charge in [0.15, 0.2) is 0 Å². The molecule has 2 amide bonds. The third-order valence-corrected chi connectivity index (χ3v) is 3.29. The number of carbonyl (C=O) groups is 2. The number of carbonyl (C=O) groups excluding carboxylic acids is 2. The average Bonchev–Trinajstić information content (AvgIpc) is 2.39. The zero-order chi connectivity index (χ0) is 14.3. The van der Waals surface area contributed by atoms with Crippen molar-refractivity contribution < 1.29 is 14.3 Å². The summed E-state index contributed by atoms with van der Waals surface area (Å²) in [5, 5.41) is 3.23. The third kappa shape index (κ3) is 5.16. The molecule has 1 aliphatic rings. The quantitative estimate of drug-likeness (QED) is 0.720. The van der Waals surface area contributed by atoms with Gasteiger partial charge < -0.3 is 19.9 Å². The van der Waals surface area contributed by atoms with Crippen LogP contribution in [-0.2, 0) is 14.3 Å². The van der Waals surface area contributed by atoms with E-state index >= 15 is 0 Å². The molecule has 1 rings (SSSR count). The predicted molar refractivity (Wildman–Crippen MR) is 72.8 cm³/mol. The van der Waals surface area contributed by atoms with Crippen molar-refractivity contribution in [1.82, 2.24) is 15.1 Å². The number of ether oxygens (including phenoxy) is 1. The van der Waals surface area contributed by atoms with E-state index in [2.05, 4.69) is 5.32 Å². The maximum absolute atomic E-state index is 12.0. The molecular weight excluding hydrogens is 246 g/mol. The number of methoxy groups -OCH3 is 1. The second-order valence-corrected chi connectivity index (χ2v) is 4.86. The zero-order valence-electron chi connectivity index (χ0n) is 12.1. The molecule has 0 saturated carbocycles. The third-order valence-electron chi connectivity index (χ3n) is 3.29. The van der Waals surface area contributed by atoms with Gasteiger partial charge in [-0.25, -0.2) is 0 Å². The van der Waals surface area contributed by atoms with Crippen molar-refractivity contribution in [3.8, 4) is 0 Å². The Morgan fingerprint density at radius 3 is 2.16 bits per heavy atom. The minimum absolute atomic E-state index is 0.00406. The van der Waals surface area contributed by atoms with Gasteiger partial charge in [0.05, 0.1) is 0 Å². The van der Waals surface area contributed by atoms with Crippen LogP contribution < -0.4 is 5.32 Å². The van der Waals surface area contributed by atoms with Crippen LogP contribution in [-0.4, -0.2) is 74.1 Å². The first-order chi connectivity index (χ1) is 9.08. The number of rotatable bonds is 6. The standard InChI is InChI=1S/C13H25N3O3/c1-4-14-11(2)9-12(17)15-5-7-16(8-6-15)13(18)10-19-3/h11,14H,4-10H2,1-3H3. The van der Waals surface area contributed by atoms with Gasteiger partial charge in [0.1, 0.15) is 6.61 Å². The number of nitrogens with zero attached hydrogens (tertiary/aromatic N) is 2. The van der Waals surface area contributed by atoms with Gasteiger partial charge >= 0.3 is 0 Å². The highest BCUT2D eigenvalue weighted by atomic mass is 16.5. The summed E-state index contributed by atoms with van der Waals surface area (Å²) in [6, 6.07) is 0.200. The molecule has 0 aromatic rings. The molecule has 1 N–H and O–H groups in total. The van der Waals surface area contributed by atoms with Crippen molar-refractivity contribution in [2.45, 2.75) is 26.3 Å². The minimum atomic E-state index is -0.00406. The van der Waals surface area contributed by atoms with Crippen LogP contribution in [0, 0.1) is 0 Å². The highest BCUT2D eigenvalue weighted by Gasteiger charge is 2.24. The summed E-state index contributed by atoms with van der Waals surface area (Å²) in [4.78, 5) is 27.3. The van der Waals surface area contributed by atoms with E-state index in [1.807, 2.05) is 18.7 Å². The van der Waals surface area contributed by atoms with Crippen LogP contribution in [0.15, 0.2) is 0 Å². The molecule has 0 aliphatic carbocycles. The van der Waals surface area contributed by atoms with Crippen LogP contribution in [0.5, 0.6) is 0 Å². The van der Waals surface area contributed by atoms with Crippen LogP contribution in [0.3, 0.4) is 0 Å². The van der Waals surface area contributed by atoms with Crippen molar-refractivity contribution in [1.29, 1.82) is 0 Å². The summed E-state index contributed by atoms with van der Waals surface area (Å²) in [6.45, 7) is 7.47. The number of nitrogens with one attached hydrogen (secondary N) is 1. The van der Waals surface area contributed by atoms with E-state index in [-0.39, 0.29) is 24.5 Å². The van der Waals surface area contributed by atoms with E-state index in [4.69, 9.17) is 4.74 Å². The first-order valence-electron chi connectivity index (χ1n) is 6.86. The second kappa shape index (κ2) is 8.12.